The van der Waals surface area contributed by atoms with Gasteiger partial charge in [0.15, 0.2) is 10.9 Å². The Bertz CT molecular complexity index is 1050. The standard InChI is InChI=1S/C18H15BrCl2N4O2S2/c1-10(26)22-7-6-17-23-24-18(25(17)11-2-3-12(20)13(21)8-11)28-9-14(27)15-4-5-16(19)29-15/h2-5,8H,6-7,9H2,1H3,(H,22,26). The number of hydrogen-bond acceptors (Lipinski definition) is 6. The Balaban J connectivity index is 1.85. The molecule has 152 valence electrons. The third-order valence-electron chi connectivity index (χ3n) is 3.76. The molecule has 0 radical (unpaired) electrons. The first kappa shape index (κ1) is 22.3. The fourth-order valence-corrected chi connectivity index (χ4v) is 5.02. The Morgan fingerprint density at radius 3 is 2.66 bits per heavy atom. The molecule has 0 aliphatic rings. The highest BCUT2D eigenvalue weighted by Gasteiger charge is 2.18. The first-order chi connectivity index (χ1) is 13.8. The van der Waals surface area contributed by atoms with Gasteiger partial charge >= 0.3 is 0 Å². The van der Waals surface area contributed by atoms with Gasteiger partial charge in [-0.1, -0.05) is 35.0 Å². The molecular weight excluding hydrogens is 519 g/mol. The second-order valence-corrected chi connectivity index (χ2v) is 10.1. The fourth-order valence-electron chi connectivity index (χ4n) is 2.45. The monoisotopic (exact) mass is 532 g/mol. The molecule has 0 fully saturated rings. The molecule has 1 aromatic carbocycles. The van der Waals surface area contributed by atoms with Crippen LogP contribution in [0.4, 0.5) is 0 Å². The fraction of sp³-hybridized carbons (Fsp3) is 0.222. The van der Waals surface area contributed by atoms with Gasteiger partial charge in [-0.05, 0) is 46.3 Å². The minimum absolute atomic E-state index is 0.00850. The topological polar surface area (TPSA) is 76.9 Å². The van der Waals surface area contributed by atoms with Gasteiger partial charge in [-0.15, -0.1) is 21.5 Å². The summed E-state index contributed by atoms with van der Waals surface area (Å²) in [5.74, 6) is 0.756. The van der Waals surface area contributed by atoms with E-state index in [2.05, 4.69) is 31.4 Å². The number of thioether (sulfide) groups is 1. The summed E-state index contributed by atoms with van der Waals surface area (Å²) in [7, 11) is 0. The molecule has 0 atom stereocenters. The van der Waals surface area contributed by atoms with E-state index in [0.29, 0.717) is 38.9 Å². The number of nitrogens with zero attached hydrogens (tertiary/aromatic N) is 3. The maximum atomic E-state index is 12.5. The van der Waals surface area contributed by atoms with E-state index in [4.69, 9.17) is 23.2 Å². The van der Waals surface area contributed by atoms with Crippen molar-refractivity contribution in [2.45, 2.75) is 18.5 Å². The van der Waals surface area contributed by atoms with E-state index >= 15 is 0 Å². The van der Waals surface area contributed by atoms with Gasteiger partial charge in [0.05, 0.1) is 30.1 Å². The van der Waals surface area contributed by atoms with E-state index in [9.17, 15) is 9.59 Å². The Kier molecular flexibility index (Phi) is 7.75. The van der Waals surface area contributed by atoms with Crippen molar-refractivity contribution in [2.24, 2.45) is 0 Å². The summed E-state index contributed by atoms with van der Waals surface area (Å²) < 4.78 is 2.73. The Labute approximate surface area is 194 Å². The summed E-state index contributed by atoms with van der Waals surface area (Å²) in [5, 5.41) is 12.6. The first-order valence-electron chi connectivity index (χ1n) is 8.40. The predicted octanol–water partition coefficient (Wildman–Crippen LogP) is 5.05. The summed E-state index contributed by atoms with van der Waals surface area (Å²) in [6.45, 7) is 1.88. The summed E-state index contributed by atoms with van der Waals surface area (Å²) >= 11 is 18.3. The van der Waals surface area contributed by atoms with Gasteiger partial charge in [0.2, 0.25) is 5.91 Å². The normalized spacial score (nSPS) is 10.9. The van der Waals surface area contributed by atoms with Crippen LogP contribution in [0, 0.1) is 0 Å². The number of thiophene rings is 1. The van der Waals surface area contributed by atoms with E-state index in [0.717, 1.165) is 9.47 Å². The van der Waals surface area contributed by atoms with Crippen molar-refractivity contribution in [2.75, 3.05) is 12.3 Å². The minimum atomic E-state index is -0.118. The molecule has 0 spiro atoms. The van der Waals surface area contributed by atoms with Crippen molar-refractivity contribution in [3.63, 3.8) is 0 Å². The van der Waals surface area contributed by atoms with Crippen molar-refractivity contribution in [1.29, 1.82) is 0 Å². The summed E-state index contributed by atoms with van der Waals surface area (Å²) in [6, 6.07) is 8.86. The zero-order chi connectivity index (χ0) is 21.0. The van der Waals surface area contributed by atoms with Crippen molar-refractivity contribution < 1.29 is 9.59 Å². The van der Waals surface area contributed by atoms with E-state index in [-0.39, 0.29) is 17.4 Å². The van der Waals surface area contributed by atoms with Gasteiger partial charge in [-0.25, -0.2) is 0 Å². The quantitative estimate of drug-likeness (QED) is 0.324. The number of hydrogen-bond donors (Lipinski definition) is 1. The maximum Gasteiger partial charge on any atom is 0.216 e. The molecule has 3 rings (SSSR count). The average molecular weight is 534 g/mol. The molecule has 2 heterocycles. The zero-order valence-corrected chi connectivity index (χ0v) is 19.8. The van der Waals surface area contributed by atoms with E-state index in [1.54, 1.807) is 18.2 Å². The van der Waals surface area contributed by atoms with Crippen LogP contribution < -0.4 is 5.32 Å². The van der Waals surface area contributed by atoms with Gasteiger partial charge in [0, 0.05) is 19.9 Å². The van der Waals surface area contributed by atoms with Crippen LogP contribution in [-0.4, -0.2) is 38.8 Å². The smallest absolute Gasteiger partial charge is 0.216 e. The number of ketones is 1. The average Bonchev–Trinajstić information content (AvgIpc) is 3.28. The van der Waals surface area contributed by atoms with Crippen molar-refractivity contribution in [1.82, 2.24) is 20.1 Å². The second-order valence-electron chi connectivity index (χ2n) is 5.88. The molecule has 0 bridgehead atoms. The second kappa shape index (κ2) is 10.1. The van der Waals surface area contributed by atoms with E-state index in [1.165, 1.54) is 30.0 Å². The van der Waals surface area contributed by atoms with Crippen LogP contribution >= 0.6 is 62.2 Å². The lowest BCUT2D eigenvalue weighted by atomic mass is 10.3. The van der Waals surface area contributed by atoms with Gasteiger partial charge in [0.25, 0.3) is 0 Å². The number of rotatable bonds is 8. The summed E-state index contributed by atoms with van der Waals surface area (Å²) in [6.07, 6.45) is 0.471. The largest absolute Gasteiger partial charge is 0.356 e. The van der Waals surface area contributed by atoms with Crippen LogP contribution in [0.5, 0.6) is 0 Å². The molecule has 0 aliphatic carbocycles. The van der Waals surface area contributed by atoms with Gasteiger partial charge < -0.3 is 5.32 Å². The molecule has 29 heavy (non-hydrogen) atoms. The van der Waals surface area contributed by atoms with E-state index in [1.807, 2.05) is 16.7 Å². The highest BCUT2D eigenvalue weighted by atomic mass is 79.9. The molecule has 3 aromatic rings. The lowest BCUT2D eigenvalue weighted by Gasteiger charge is -2.11. The van der Waals surface area contributed by atoms with Crippen molar-refractivity contribution in [3.05, 3.63) is 54.9 Å². The lowest BCUT2D eigenvalue weighted by Crippen LogP contribution is -2.23. The first-order valence-corrected chi connectivity index (χ1v) is 11.8. The van der Waals surface area contributed by atoms with Crippen LogP contribution in [0.15, 0.2) is 39.3 Å². The van der Waals surface area contributed by atoms with Crippen molar-refractivity contribution >= 4 is 73.9 Å². The SMILES string of the molecule is CC(=O)NCCc1nnc(SCC(=O)c2ccc(Br)s2)n1-c1ccc(Cl)c(Cl)c1. The molecule has 0 unspecified atom stereocenters. The number of nitrogens with one attached hydrogen (secondary N) is 1. The summed E-state index contributed by atoms with van der Waals surface area (Å²) in [5.41, 5.74) is 0.732. The number of carbonyl (C=O) groups excluding carboxylic acids is 2. The molecule has 0 aliphatic heterocycles. The highest BCUT2D eigenvalue weighted by Crippen LogP contribution is 2.29. The molecule has 0 saturated carbocycles. The van der Waals surface area contributed by atoms with Crippen LogP contribution in [0.25, 0.3) is 5.69 Å². The molecule has 1 N–H and O–H groups in total. The number of amides is 1. The third-order valence-corrected chi connectivity index (χ3v) is 7.10. The Morgan fingerprint density at radius 1 is 1.21 bits per heavy atom. The summed E-state index contributed by atoms with van der Waals surface area (Å²) in [4.78, 5) is 24.3. The highest BCUT2D eigenvalue weighted by molar-refractivity contribution is 9.11. The minimum Gasteiger partial charge on any atom is -0.356 e. The van der Waals surface area contributed by atoms with Gasteiger partial charge in [-0.2, -0.15) is 0 Å². The molecule has 11 heteroatoms. The molecule has 2 aromatic heterocycles. The number of Topliss-reactive ketones (excluding diaryl/α,β-unsaturated/α-hetero) is 1. The molecule has 6 nitrogen and oxygen atoms in total. The van der Waals surface area contributed by atoms with Crippen molar-refractivity contribution in [3.8, 4) is 5.69 Å². The van der Waals surface area contributed by atoms with Gasteiger partial charge in [0.1, 0.15) is 5.82 Å². The third kappa shape index (κ3) is 5.82. The molecule has 1 amide bonds. The number of aromatic nitrogens is 3. The van der Waals surface area contributed by atoms with Crippen LogP contribution in [0.3, 0.4) is 0 Å². The van der Waals surface area contributed by atoms with Crippen LogP contribution in [0.2, 0.25) is 10.0 Å². The lowest BCUT2D eigenvalue weighted by molar-refractivity contribution is -0.118. The zero-order valence-electron chi connectivity index (χ0n) is 15.1. The number of carbonyl (C=O) groups is 2. The van der Waals surface area contributed by atoms with E-state index < -0.39 is 0 Å². The van der Waals surface area contributed by atoms with Gasteiger partial charge in [-0.3, -0.25) is 14.2 Å². The van der Waals surface area contributed by atoms with Crippen LogP contribution in [-0.2, 0) is 11.2 Å². The predicted molar refractivity (Wildman–Crippen MR) is 121 cm³/mol. The molecule has 0 saturated heterocycles. The maximum absolute atomic E-state index is 12.5. The number of benzene rings is 1. The van der Waals surface area contributed by atoms with Crippen LogP contribution in [0.1, 0.15) is 22.4 Å². The molecular formula is C18H15BrCl2N4O2S2. The Morgan fingerprint density at radius 2 is 2.00 bits per heavy atom. The number of halogens is 3. The Hall–Kier alpha value is -1.39.